The van der Waals surface area contributed by atoms with Crippen molar-refractivity contribution in [2.24, 2.45) is 5.73 Å². The van der Waals surface area contributed by atoms with Crippen LogP contribution in [0.25, 0.3) is 0 Å². The lowest BCUT2D eigenvalue weighted by molar-refractivity contribution is 0.595. The van der Waals surface area contributed by atoms with Gasteiger partial charge in [-0.25, -0.2) is 4.39 Å². The largest absolute Gasteiger partial charge is 0.374 e. The van der Waals surface area contributed by atoms with Gasteiger partial charge < -0.3 is 10.6 Å². The van der Waals surface area contributed by atoms with Crippen molar-refractivity contribution >= 4 is 5.69 Å². The van der Waals surface area contributed by atoms with Crippen molar-refractivity contribution in [3.8, 4) is 0 Å². The number of benzene rings is 1. The third kappa shape index (κ3) is 4.26. The number of halogens is 1. The Morgan fingerprint density at radius 1 is 1.24 bits per heavy atom. The average Bonchev–Trinajstić information content (AvgIpc) is 2.47. The van der Waals surface area contributed by atoms with Gasteiger partial charge in [0.25, 0.3) is 0 Å². The van der Waals surface area contributed by atoms with Gasteiger partial charge >= 0.3 is 0 Å². The molecule has 0 fully saturated rings. The number of likely N-dealkylation sites (N-methyl/N-ethyl adjacent to an activating group) is 1. The fraction of sp³-hybridized carbons (Fsp3) is 0.353. The van der Waals surface area contributed by atoms with Gasteiger partial charge in [0.2, 0.25) is 0 Å². The molecule has 3 nitrogen and oxygen atoms in total. The van der Waals surface area contributed by atoms with Crippen molar-refractivity contribution < 1.29 is 4.39 Å². The Morgan fingerprint density at radius 2 is 2.05 bits per heavy atom. The normalized spacial score (nSPS) is 12.2. The summed E-state index contributed by atoms with van der Waals surface area (Å²) in [6.07, 6.45) is 3.15. The average molecular weight is 287 g/mol. The standard InChI is InChI=1S/C17H22FN3/c1-13(19)12-15-16(18)7-5-8-17(15)21(2)11-9-14-6-3-4-10-20-14/h3-8,10,13H,9,11-12,19H2,1-2H3. The van der Waals surface area contributed by atoms with Crippen LogP contribution in [-0.4, -0.2) is 24.6 Å². The Bertz CT molecular complexity index is 570. The summed E-state index contributed by atoms with van der Waals surface area (Å²) < 4.78 is 14.0. The Balaban J connectivity index is 2.11. The second-order valence-corrected chi connectivity index (χ2v) is 5.41. The number of anilines is 1. The highest BCUT2D eigenvalue weighted by Gasteiger charge is 2.13. The summed E-state index contributed by atoms with van der Waals surface area (Å²) in [6, 6.07) is 11.0. The summed E-state index contributed by atoms with van der Waals surface area (Å²) in [7, 11) is 1.97. The van der Waals surface area contributed by atoms with E-state index in [2.05, 4.69) is 9.88 Å². The van der Waals surface area contributed by atoms with E-state index in [1.165, 1.54) is 6.07 Å². The minimum atomic E-state index is -0.186. The minimum absolute atomic E-state index is 0.0650. The van der Waals surface area contributed by atoms with Crippen LogP contribution < -0.4 is 10.6 Å². The zero-order valence-corrected chi connectivity index (χ0v) is 12.6. The van der Waals surface area contributed by atoms with E-state index in [-0.39, 0.29) is 11.9 Å². The quantitative estimate of drug-likeness (QED) is 0.888. The Hall–Kier alpha value is -1.94. The maximum Gasteiger partial charge on any atom is 0.128 e. The molecule has 1 atom stereocenters. The second kappa shape index (κ2) is 7.18. The number of rotatable bonds is 6. The Kier molecular flexibility index (Phi) is 5.28. The fourth-order valence-electron chi connectivity index (χ4n) is 2.38. The third-order valence-electron chi connectivity index (χ3n) is 3.46. The summed E-state index contributed by atoms with van der Waals surface area (Å²) in [5.74, 6) is -0.186. The van der Waals surface area contributed by atoms with Crippen LogP contribution in [0.4, 0.5) is 10.1 Å². The number of hydrogen-bond donors (Lipinski definition) is 1. The van der Waals surface area contributed by atoms with E-state index in [0.717, 1.165) is 24.3 Å². The van der Waals surface area contributed by atoms with Crippen molar-refractivity contribution in [1.82, 2.24) is 4.98 Å². The van der Waals surface area contributed by atoms with Gasteiger partial charge in [0.1, 0.15) is 5.82 Å². The summed E-state index contributed by atoms with van der Waals surface area (Å²) >= 11 is 0. The van der Waals surface area contributed by atoms with Crippen LogP contribution in [0.5, 0.6) is 0 Å². The van der Waals surface area contributed by atoms with Crippen LogP contribution in [0.2, 0.25) is 0 Å². The van der Waals surface area contributed by atoms with Crippen LogP contribution in [0.15, 0.2) is 42.6 Å². The molecule has 0 aliphatic heterocycles. The summed E-state index contributed by atoms with van der Waals surface area (Å²) in [5, 5.41) is 0. The molecule has 4 heteroatoms. The molecule has 0 radical (unpaired) electrons. The van der Waals surface area contributed by atoms with Gasteiger partial charge in [-0.3, -0.25) is 4.98 Å². The molecule has 1 heterocycles. The third-order valence-corrected chi connectivity index (χ3v) is 3.46. The summed E-state index contributed by atoms with van der Waals surface area (Å²) in [4.78, 5) is 6.38. The Labute approximate surface area is 125 Å². The van der Waals surface area contributed by atoms with Crippen molar-refractivity contribution in [1.29, 1.82) is 0 Å². The lowest BCUT2D eigenvalue weighted by atomic mass is 10.0. The van der Waals surface area contributed by atoms with Crippen molar-refractivity contribution in [3.63, 3.8) is 0 Å². The van der Waals surface area contributed by atoms with Gasteiger partial charge in [-0.2, -0.15) is 0 Å². The van der Waals surface area contributed by atoms with Gasteiger partial charge in [-0.1, -0.05) is 12.1 Å². The maximum absolute atomic E-state index is 14.0. The molecule has 0 aliphatic rings. The molecule has 1 aromatic heterocycles. The van der Waals surface area contributed by atoms with Crippen LogP contribution in [0, 0.1) is 5.82 Å². The first-order chi connectivity index (χ1) is 10.1. The molecule has 0 bridgehead atoms. The molecular formula is C17H22FN3. The minimum Gasteiger partial charge on any atom is -0.374 e. The van der Waals surface area contributed by atoms with Gasteiger partial charge in [-0.05, 0) is 37.6 Å². The first-order valence-corrected chi connectivity index (χ1v) is 7.22. The van der Waals surface area contributed by atoms with Gasteiger partial charge in [-0.15, -0.1) is 0 Å². The highest BCUT2D eigenvalue weighted by atomic mass is 19.1. The maximum atomic E-state index is 14.0. The first kappa shape index (κ1) is 15.4. The number of hydrogen-bond acceptors (Lipinski definition) is 3. The number of nitrogens with two attached hydrogens (primary N) is 1. The molecule has 0 spiro atoms. The monoisotopic (exact) mass is 287 g/mol. The van der Waals surface area contributed by atoms with Crippen molar-refractivity contribution in [3.05, 3.63) is 59.7 Å². The lowest BCUT2D eigenvalue weighted by Crippen LogP contribution is -2.25. The smallest absolute Gasteiger partial charge is 0.128 e. The fourth-order valence-corrected chi connectivity index (χ4v) is 2.38. The van der Waals surface area contributed by atoms with E-state index in [1.807, 2.05) is 38.2 Å². The van der Waals surface area contributed by atoms with E-state index in [0.29, 0.717) is 12.0 Å². The molecule has 2 aromatic rings. The van der Waals surface area contributed by atoms with Gasteiger partial charge in [0, 0.05) is 49.2 Å². The number of aromatic nitrogens is 1. The summed E-state index contributed by atoms with van der Waals surface area (Å²) in [5.41, 5.74) is 8.47. The highest BCUT2D eigenvalue weighted by Crippen LogP contribution is 2.23. The zero-order valence-electron chi connectivity index (χ0n) is 12.6. The second-order valence-electron chi connectivity index (χ2n) is 5.41. The SMILES string of the molecule is CC(N)Cc1c(F)cccc1N(C)CCc1ccccn1. The molecule has 1 unspecified atom stereocenters. The molecule has 0 saturated heterocycles. The first-order valence-electron chi connectivity index (χ1n) is 7.22. The van der Waals surface area contributed by atoms with E-state index >= 15 is 0 Å². The predicted molar refractivity (Wildman–Crippen MR) is 85.0 cm³/mol. The van der Waals surface area contributed by atoms with E-state index < -0.39 is 0 Å². The van der Waals surface area contributed by atoms with Crippen LogP contribution >= 0.6 is 0 Å². The van der Waals surface area contributed by atoms with Crippen molar-refractivity contribution in [2.45, 2.75) is 25.8 Å². The molecule has 21 heavy (non-hydrogen) atoms. The lowest BCUT2D eigenvalue weighted by Gasteiger charge is -2.23. The molecule has 112 valence electrons. The summed E-state index contributed by atoms with van der Waals surface area (Å²) in [6.45, 7) is 2.68. The molecule has 1 aromatic carbocycles. The topological polar surface area (TPSA) is 42.1 Å². The van der Waals surface area contributed by atoms with E-state index in [1.54, 1.807) is 12.3 Å². The van der Waals surface area contributed by atoms with Gasteiger partial charge in [0.05, 0.1) is 0 Å². The number of pyridine rings is 1. The van der Waals surface area contributed by atoms with E-state index in [4.69, 9.17) is 5.73 Å². The molecule has 0 amide bonds. The molecular weight excluding hydrogens is 265 g/mol. The molecule has 0 saturated carbocycles. The molecule has 2 N–H and O–H groups in total. The zero-order chi connectivity index (χ0) is 15.2. The van der Waals surface area contributed by atoms with E-state index in [9.17, 15) is 4.39 Å². The van der Waals surface area contributed by atoms with Gasteiger partial charge in [0.15, 0.2) is 0 Å². The highest BCUT2D eigenvalue weighted by molar-refractivity contribution is 5.54. The Morgan fingerprint density at radius 3 is 2.71 bits per heavy atom. The molecule has 0 aliphatic carbocycles. The predicted octanol–water partition coefficient (Wildman–Crippen LogP) is 2.79. The van der Waals surface area contributed by atoms with Crippen LogP contribution in [0.3, 0.4) is 0 Å². The van der Waals surface area contributed by atoms with Crippen LogP contribution in [0.1, 0.15) is 18.2 Å². The molecule has 2 rings (SSSR count). The van der Waals surface area contributed by atoms with Crippen LogP contribution in [-0.2, 0) is 12.8 Å². The van der Waals surface area contributed by atoms with Crippen molar-refractivity contribution in [2.75, 3.05) is 18.5 Å². The number of nitrogens with zero attached hydrogens (tertiary/aromatic N) is 2.